The number of thiophene rings is 1. The van der Waals surface area contributed by atoms with Crippen LogP contribution in [0.15, 0.2) is 42.6 Å². The number of hydrogen-bond donors (Lipinski definition) is 0. The van der Waals surface area contributed by atoms with Crippen molar-refractivity contribution in [3.05, 3.63) is 57.9 Å². The quantitative estimate of drug-likeness (QED) is 0.715. The standard InChI is InChI=1S/C18H20N2OS/c1-13-10-20(17-7-5-4-6-16(13)17)12-18(21)19(3)11-15-9-8-14(2)22-15/h4-10H,11-12H2,1-3H3. The third-order valence-electron chi connectivity index (χ3n) is 3.91. The minimum Gasteiger partial charge on any atom is -0.339 e. The number of para-hydroxylation sites is 1. The van der Waals surface area contributed by atoms with E-state index in [9.17, 15) is 4.79 Å². The van der Waals surface area contributed by atoms with Crippen LogP contribution in [0.3, 0.4) is 0 Å². The lowest BCUT2D eigenvalue weighted by atomic mass is 10.2. The molecule has 0 aliphatic heterocycles. The summed E-state index contributed by atoms with van der Waals surface area (Å²) in [4.78, 5) is 16.8. The van der Waals surface area contributed by atoms with Crippen molar-refractivity contribution in [2.75, 3.05) is 7.05 Å². The monoisotopic (exact) mass is 312 g/mol. The van der Waals surface area contributed by atoms with E-state index in [4.69, 9.17) is 0 Å². The van der Waals surface area contributed by atoms with E-state index in [2.05, 4.69) is 44.3 Å². The molecular weight excluding hydrogens is 292 g/mol. The molecule has 0 saturated carbocycles. The molecule has 2 aromatic heterocycles. The van der Waals surface area contributed by atoms with Crippen LogP contribution in [0.2, 0.25) is 0 Å². The number of carbonyl (C=O) groups is 1. The molecule has 0 N–H and O–H groups in total. The van der Waals surface area contributed by atoms with Gasteiger partial charge in [-0.05, 0) is 37.6 Å². The van der Waals surface area contributed by atoms with Gasteiger partial charge in [0.25, 0.3) is 0 Å². The molecule has 3 aromatic rings. The second-order valence-corrected chi connectivity index (χ2v) is 7.09. The fraction of sp³-hybridized carbons (Fsp3) is 0.278. The van der Waals surface area contributed by atoms with Gasteiger partial charge >= 0.3 is 0 Å². The van der Waals surface area contributed by atoms with Gasteiger partial charge in [-0.3, -0.25) is 4.79 Å². The molecule has 0 atom stereocenters. The molecule has 1 aromatic carbocycles. The summed E-state index contributed by atoms with van der Waals surface area (Å²) in [6, 6.07) is 12.4. The molecule has 2 heterocycles. The lowest BCUT2D eigenvalue weighted by Crippen LogP contribution is -2.29. The number of rotatable bonds is 4. The van der Waals surface area contributed by atoms with Gasteiger partial charge in [-0.25, -0.2) is 0 Å². The number of fused-ring (bicyclic) bond motifs is 1. The van der Waals surface area contributed by atoms with Crippen molar-refractivity contribution in [3.8, 4) is 0 Å². The van der Waals surface area contributed by atoms with E-state index in [1.54, 1.807) is 16.2 Å². The SMILES string of the molecule is Cc1ccc(CN(C)C(=O)Cn2cc(C)c3ccccc32)s1. The molecule has 0 fully saturated rings. The molecule has 0 bridgehead atoms. The van der Waals surface area contributed by atoms with Crippen molar-refractivity contribution in [2.45, 2.75) is 26.9 Å². The molecular formula is C18H20N2OS. The fourth-order valence-electron chi connectivity index (χ4n) is 2.72. The fourth-order valence-corrected chi connectivity index (χ4v) is 3.66. The highest BCUT2D eigenvalue weighted by molar-refractivity contribution is 7.11. The van der Waals surface area contributed by atoms with E-state index >= 15 is 0 Å². The van der Waals surface area contributed by atoms with Crippen LogP contribution < -0.4 is 0 Å². The maximum Gasteiger partial charge on any atom is 0.242 e. The average molecular weight is 312 g/mol. The summed E-state index contributed by atoms with van der Waals surface area (Å²) >= 11 is 1.75. The molecule has 22 heavy (non-hydrogen) atoms. The first-order valence-electron chi connectivity index (χ1n) is 7.38. The zero-order valence-electron chi connectivity index (χ0n) is 13.2. The number of aryl methyl sites for hydroxylation is 2. The topological polar surface area (TPSA) is 25.2 Å². The number of aromatic nitrogens is 1. The van der Waals surface area contributed by atoms with E-state index in [0.29, 0.717) is 13.1 Å². The van der Waals surface area contributed by atoms with E-state index in [1.807, 2.05) is 23.7 Å². The van der Waals surface area contributed by atoms with Crippen molar-refractivity contribution in [3.63, 3.8) is 0 Å². The summed E-state index contributed by atoms with van der Waals surface area (Å²) in [5.74, 6) is 0.131. The Labute approximate surface area is 134 Å². The largest absolute Gasteiger partial charge is 0.339 e. The van der Waals surface area contributed by atoms with Crippen molar-refractivity contribution >= 4 is 28.1 Å². The van der Waals surface area contributed by atoms with Crippen LogP contribution in [0.5, 0.6) is 0 Å². The Kier molecular flexibility index (Phi) is 4.03. The molecule has 0 aliphatic rings. The number of benzene rings is 1. The highest BCUT2D eigenvalue weighted by Gasteiger charge is 2.13. The molecule has 4 heteroatoms. The van der Waals surface area contributed by atoms with E-state index < -0.39 is 0 Å². The highest BCUT2D eigenvalue weighted by atomic mass is 32.1. The first-order chi connectivity index (χ1) is 10.5. The average Bonchev–Trinajstić information content (AvgIpc) is 3.04. The second kappa shape index (κ2) is 5.97. The van der Waals surface area contributed by atoms with Crippen molar-refractivity contribution in [1.82, 2.24) is 9.47 Å². The Hall–Kier alpha value is -2.07. The third-order valence-corrected chi connectivity index (χ3v) is 4.89. The molecule has 114 valence electrons. The molecule has 0 spiro atoms. The predicted molar refractivity (Wildman–Crippen MR) is 92.2 cm³/mol. The molecule has 0 saturated heterocycles. The number of hydrogen-bond acceptors (Lipinski definition) is 2. The Bertz CT molecular complexity index is 815. The van der Waals surface area contributed by atoms with E-state index in [0.717, 1.165) is 5.52 Å². The summed E-state index contributed by atoms with van der Waals surface area (Å²) in [6.07, 6.45) is 2.06. The Morgan fingerprint density at radius 1 is 1.18 bits per heavy atom. The second-order valence-electron chi connectivity index (χ2n) is 5.72. The van der Waals surface area contributed by atoms with Crippen LogP contribution >= 0.6 is 11.3 Å². The lowest BCUT2D eigenvalue weighted by Gasteiger charge is -2.17. The van der Waals surface area contributed by atoms with Crippen LogP contribution in [0, 0.1) is 13.8 Å². The number of carbonyl (C=O) groups excluding carboxylic acids is 1. The van der Waals surface area contributed by atoms with Gasteiger partial charge in [0.15, 0.2) is 0 Å². The highest BCUT2D eigenvalue weighted by Crippen LogP contribution is 2.21. The minimum absolute atomic E-state index is 0.131. The molecule has 0 aliphatic carbocycles. The van der Waals surface area contributed by atoms with Crippen LogP contribution in [0.1, 0.15) is 15.3 Å². The summed E-state index contributed by atoms with van der Waals surface area (Å²) in [5, 5.41) is 1.21. The van der Waals surface area contributed by atoms with Gasteiger partial charge in [-0.1, -0.05) is 18.2 Å². The number of likely N-dealkylation sites (N-methyl/N-ethyl adjacent to an activating group) is 1. The molecule has 1 amide bonds. The third kappa shape index (κ3) is 2.92. The van der Waals surface area contributed by atoms with Gasteiger partial charge < -0.3 is 9.47 Å². The molecule has 0 unspecified atom stereocenters. The maximum atomic E-state index is 12.5. The zero-order chi connectivity index (χ0) is 15.7. The normalized spacial score (nSPS) is 11.0. The summed E-state index contributed by atoms with van der Waals surface area (Å²) < 4.78 is 2.04. The molecule has 3 rings (SSSR count). The van der Waals surface area contributed by atoms with Crippen molar-refractivity contribution in [2.24, 2.45) is 0 Å². The predicted octanol–water partition coefficient (Wildman–Crippen LogP) is 3.98. The minimum atomic E-state index is 0.131. The smallest absolute Gasteiger partial charge is 0.242 e. The summed E-state index contributed by atoms with van der Waals surface area (Å²) in [7, 11) is 1.87. The van der Waals surface area contributed by atoms with Crippen LogP contribution in [-0.2, 0) is 17.9 Å². The molecule has 0 radical (unpaired) electrons. The van der Waals surface area contributed by atoms with Crippen molar-refractivity contribution in [1.29, 1.82) is 0 Å². The van der Waals surface area contributed by atoms with Gasteiger partial charge in [-0.15, -0.1) is 11.3 Å². The van der Waals surface area contributed by atoms with Gasteiger partial charge in [0.05, 0.1) is 6.54 Å². The Morgan fingerprint density at radius 2 is 1.95 bits per heavy atom. The summed E-state index contributed by atoms with van der Waals surface area (Å²) in [5.41, 5.74) is 2.33. The van der Waals surface area contributed by atoms with E-state index in [1.165, 1.54) is 20.7 Å². The zero-order valence-corrected chi connectivity index (χ0v) is 14.0. The van der Waals surface area contributed by atoms with Crippen LogP contribution in [-0.4, -0.2) is 22.4 Å². The number of nitrogens with zero attached hydrogens (tertiary/aromatic N) is 2. The van der Waals surface area contributed by atoms with Gasteiger partial charge in [0.2, 0.25) is 5.91 Å². The van der Waals surface area contributed by atoms with Gasteiger partial charge in [0, 0.05) is 33.9 Å². The Balaban J connectivity index is 1.75. The molecule has 3 nitrogen and oxygen atoms in total. The maximum absolute atomic E-state index is 12.5. The first-order valence-corrected chi connectivity index (χ1v) is 8.20. The van der Waals surface area contributed by atoms with Crippen molar-refractivity contribution < 1.29 is 4.79 Å². The van der Waals surface area contributed by atoms with Crippen LogP contribution in [0.4, 0.5) is 0 Å². The van der Waals surface area contributed by atoms with E-state index in [-0.39, 0.29) is 5.91 Å². The summed E-state index contributed by atoms with van der Waals surface area (Å²) in [6.45, 7) is 5.23. The number of amides is 1. The first kappa shape index (κ1) is 14.9. The van der Waals surface area contributed by atoms with Gasteiger partial charge in [0.1, 0.15) is 6.54 Å². The van der Waals surface area contributed by atoms with Gasteiger partial charge in [-0.2, -0.15) is 0 Å². The lowest BCUT2D eigenvalue weighted by molar-refractivity contribution is -0.130. The van der Waals surface area contributed by atoms with Crippen LogP contribution in [0.25, 0.3) is 10.9 Å². The Morgan fingerprint density at radius 3 is 2.68 bits per heavy atom.